The molecule has 0 aromatic heterocycles. The molecule has 0 fully saturated rings. The highest BCUT2D eigenvalue weighted by Crippen LogP contribution is 2.15. The van der Waals surface area contributed by atoms with Gasteiger partial charge in [-0.3, -0.25) is 0 Å². The molecule has 9 heavy (non-hydrogen) atoms. The van der Waals surface area contributed by atoms with Gasteiger partial charge in [-0.05, 0) is 12.2 Å². The number of rotatable bonds is 5. The highest BCUT2D eigenvalue weighted by molar-refractivity contribution is 7.99. The van der Waals surface area contributed by atoms with Crippen molar-refractivity contribution in [3.8, 4) is 0 Å². The van der Waals surface area contributed by atoms with Crippen LogP contribution in [0.1, 0.15) is 26.7 Å². The molecule has 0 aliphatic rings. The van der Waals surface area contributed by atoms with Crippen LogP contribution in [0.15, 0.2) is 0 Å². The van der Waals surface area contributed by atoms with E-state index in [2.05, 4.69) is 13.8 Å². The average Bonchev–Trinajstić information content (AvgIpc) is 1.88. The van der Waals surface area contributed by atoms with E-state index >= 15 is 0 Å². The summed E-state index contributed by atoms with van der Waals surface area (Å²) in [6, 6.07) is 0. The summed E-state index contributed by atoms with van der Waals surface area (Å²) in [7, 11) is 0. The minimum absolute atomic E-state index is 0.562. The Morgan fingerprint density at radius 1 is 1.56 bits per heavy atom. The van der Waals surface area contributed by atoms with Gasteiger partial charge in [0, 0.05) is 11.7 Å². The summed E-state index contributed by atoms with van der Waals surface area (Å²) in [4.78, 5) is 10.0. The molecule has 1 nitrogen and oxygen atoms in total. The molecule has 2 heteroatoms. The first-order valence-corrected chi connectivity index (χ1v) is 4.45. The van der Waals surface area contributed by atoms with Crippen LogP contribution >= 0.6 is 11.8 Å². The van der Waals surface area contributed by atoms with E-state index in [1.807, 2.05) is 11.8 Å². The van der Waals surface area contributed by atoms with E-state index in [-0.39, 0.29) is 0 Å². The van der Waals surface area contributed by atoms with Gasteiger partial charge in [0.15, 0.2) is 0 Å². The van der Waals surface area contributed by atoms with Crippen molar-refractivity contribution in [3.63, 3.8) is 0 Å². The molecule has 0 aliphatic heterocycles. The van der Waals surface area contributed by atoms with Gasteiger partial charge >= 0.3 is 0 Å². The first-order valence-electron chi connectivity index (χ1n) is 3.40. The summed E-state index contributed by atoms with van der Waals surface area (Å²) >= 11 is 1.87. The van der Waals surface area contributed by atoms with E-state index < -0.39 is 0 Å². The molecule has 0 saturated heterocycles. The van der Waals surface area contributed by atoms with Crippen LogP contribution in [0.3, 0.4) is 0 Å². The van der Waals surface area contributed by atoms with Gasteiger partial charge in [-0.2, -0.15) is 11.8 Å². The standard InChI is InChI=1S/C7H14OS/c1-3-7(5-6-8)9-4-2/h6-7H,3-5H2,1-2H3. The fraction of sp³-hybridized carbons (Fsp3) is 0.857. The lowest BCUT2D eigenvalue weighted by atomic mass is 10.3. The van der Waals surface area contributed by atoms with E-state index in [4.69, 9.17) is 0 Å². The second-order valence-corrected chi connectivity index (χ2v) is 3.47. The molecule has 0 spiro atoms. The van der Waals surface area contributed by atoms with Crippen molar-refractivity contribution in [2.75, 3.05) is 5.75 Å². The van der Waals surface area contributed by atoms with E-state index in [0.717, 1.165) is 24.9 Å². The maximum Gasteiger partial charge on any atom is 0.121 e. The molecule has 0 N–H and O–H groups in total. The molecule has 0 bridgehead atoms. The van der Waals surface area contributed by atoms with E-state index in [1.165, 1.54) is 0 Å². The second-order valence-electron chi connectivity index (χ2n) is 1.89. The zero-order chi connectivity index (χ0) is 7.11. The van der Waals surface area contributed by atoms with Gasteiger partial charge in [0.05, 0.1) is 0 Å². The predicted molar refractivity (Wildman–Crippen MR) is 42.9 cm³/mol. The Morgan fingerprint density at radius 3 is 2.56 bits per heavy atom. The molecule has 0 heterocycles. The van der Waals surface area contributed by atoms with Gasteiger partial charge in [0.2, 0.25) is 0 Å². The first kappa shape index (κ1) is 9.02. The molecule has 0 aromatic carbocycles. The topological polar surface area (TPSA) is 17.1 Å². The van der Waals surface area contributed by atoms with Gasteiger partial charge in [-0.1, -0.05) is 13.8 Å². The summed E-state index contributed by atoms with van der Waals surface area (Å²) in [6.45, 7) is 4.24. The number of aldehydes is 1. The maximum atomic E-state index is 10.0. The predicted octanol–water partition coefficient (Wildman–Crippen LogP) is 2.11. The van der Waals surface area contributed by atoms with Crippen LogP contribution < -0.4 is 0 Å². The molecule has 0 aromatic rings. The Hall–Kier alpha value is 0.0200. The summed E-state index contributed by atoms with van der Waals surface area (Å²) in [6.07, 6.45) is 2.84. The van der Waals surface area contributed by atoms with Crippen molar-refractivity contribution < 1.29 is 4.79 Å². The number of hydrogen-bond donors (Lipinski definition) is 0. The molecular weight excluding hydrogens is 132 g/mol. The molecular formula is C7H14OS. The Labute approximate surface area is 61.2 Å². The van der Waals surface area contributed by atoms with Crippen LogP contribution in [0.4, 0.5) is 0 Å². The number of carbonyl (C=O) groups excluding carboxylic acids is 1. The van der Waals surface area contributed by atoms with Crippen LogP contribution in [-0.4, -0.2) is 17.3 Å². The molecule has 0 amide bonds. The van der Waals surface area contributed by atoms with Crippen molar-refractivity contribution in [2.45, 2.75) is 31.9 Å². The van der Waals surface area contributed by atoms with Gasteiger partial charge in [-0.15, -0.1) is 0 Å². The third kappa shape index (κ3) is 4.52. The molecule has 0 radical (unpaired) electrons. The van der Waals surface area contributed by atoms with Crippen LogP contribution in [0, 0.1) is 0 Å². The fourth-order valence-corrected chi connectivity index (χ4v) is 1.62. The van der Waals surface area contributed by atoms with E-state index in [1.54, 1.807) is 0 Å². The fourth-order valence-electron chi connectivity index (χ4n) is 0.696. The van der Waals surface area contributed by atoms with E-state index in [0.29, 0.717) is 5.25 Å². The highest BCUT2D eigenvalue weighted by atomic mass is 32.2. The zero-order valence-corrected chi connectivity index (χ0v) is 6.91. The van der Waals surface area contributed by atoms with Crippen molar-refractivity contribution in [2.24, 2.45) is 0 Å². The van der Waals surface area contributed by atoms with Crippen LogP contribution in [-0.2, 0) is 4.79 Å². The Kier molecular flexibility index (Phi) is 6.16. The average molecular weight is 146 g/mol. The lowest BCUT2D eigenvalue weighted by molar-refractivity contribution is -0.107. The SMILES string of the molecule is CCSC(CC)CC=O. The molecule has 0 rings (SSSR count). The zero-order valence-electron chi connectivity index (χ0n) is 6.09. The highest BCUT2D eigenvalue weighted by Gasteiger charge is 2.02. The molecule has 54 valence electrons. The number of carbonyl (C=O) groups is 1. The first-order chi connectivity index (χ1) is 4.35. The van der Waals surface area contributed by atoms with E-state index in [9.17, 15) is 4.79 Å². The van der Waals surface area contributed by atoms with Crippen LogP contribution in [0.2, 0.25) is 0 Å². The van der Waals surface area contributed by atoms with Gasteiger partial charge < -0.3 is 4.79 Å². The van der Waals surface area contributed by atoms with Gasteiger partial charge in [-0.25, -0.2) is 0 Å². The van der Waals surface area contributed by atoms with Crippen molar-refractivity contribution >= 4 is 18.0 Å². The van der Waals surface area contributed by atoms with Gasteiger partial charge in [0.25, 0.3) is 0 Å². The Morgan fingerprint density at radius 2 is 2.22 bits per heavy atom. The summed E-state index contributed by atoms with van der Waals surface area (Å²) in [5.74, 6) is 1.12. The molecule has 0 aliphatic carbocycles. The normalized spacial score (nSPS) is 13.1. The lowest BCUT2D eigenvalue weighted by Crippen LogP contribution is -2.00. The number of hydrogen-bond acceptors (Lipinski definition) is 2. The summed E-state index contributed by atoms with van der Waals surface area (Å²) < 4.78 is 0. The van der Waals surface area contributed by atoms with Gasteiger partial charge in [0.1, 0.15) is 6.29 Å². The lowest BCUT2D eigenvalue weighted by Gasteiger charge is -2.07. The molecule has 1 unspecified atom stereocenters. The van der Waals surface area contributed by atoms with Crippen molar-refractivity contribution in [1.29, 1.82) is 0 Å². The Bertz CT molecular complexity index is 73.3. The minimum atomic E-state index is 0.562. The smallest absolute Gasteiger partial charge is 0.121 e. The third-order valence-corrected chi connectivity index (χ3v) is 2.55. The monoisotopic (exact) mass is 146 g/mol. The van der Waals surface area contributed by atoms with Crippen molar-refractivity contribution in [3.05, 3.63) is 0 Å². The second kappa shape index (κ2) is 6.14. The summed E-state index contributed by atoms with van der Waals surface area (Å²) in [5.41, 5.74) is 0. The third-order valence-electron chi connectivity index (χ3n) is 1.22. The molecule has 0 saturated carbocycles. The number of thioether (sulfide) groups is 1. The van der Waals surface area contributed by atoms with Crippen LogP contribution in [0.25, 0.3) is 0 Å². The maximum absolute atomic E-state index is 10.0. The van der Waals surface area contributed by atoms with Crippen molar-refractivity contribution in [1.82, 2.24) is 0 Å². The molecule has 1 atom stereocenters. The largest absolute Gasteiger partial charge is 0.303 e. The quantitative estimate of drug-likeness (QED) is 0.552. The summed E-state index contributed by atoms with van der Waals surface area (Å²) in [5, 5.41) is 0.562. The Balaban J connectivity index is 3.28. The van der Waals surface area contributed by atoms with Crippen LogP contribution in [0.5, 0.6) is 0 Å². The minimum Gasteiger partial charge on any atom is -0.303 e.